The number of halogens is 2. The van der Waals surface area contributed by atoms with Gasteiger partial charge in [0.2, 0.25) is 0 Å². The number of nitrogens with two attached hydrogens (primary N) is 1. The predicted octanol–water partition coefficient (Wildman–Crippen LogP) is 4.85. The molecule has 0 spiro atoms. The summed E-state index contributed by atoms with van der Waals surface area (Å²) < 4.78 is 0. The number of nitrogens with zero attached hydrogens (tertiary/aromatic N) is 3. The maximum Gasteiger partial charge on any atom is 0.323 e. The number of anilines is 3. The normalized spacial score (nSPS) is 13.8. The second-order valence-corrected chi connectivity index (χ2v) is 9.20. The zero-order chi connectivity index (χ0) is 25.8. The second-order valence-electron chi connectivity index (χ2n) is 8.38. The van der Waals surface area contributed by atoms with E-state index in [1.54, 1.807) is 71.6 Å². The van der Waals surface area contributed by atoms with Crippen LogP contribution in [-0.2, 0) is 0 Å². The molecule has 10 heteroatoms. The molecule has 0 atom stereocenters. The summed E-state index contributed by atoms with van der Waals surface area (Å²) in [6.45, 7) is 2.76. The third kappa shape index (κ3) is 5.46. The largest absolute Gasteiger partial charge is 0.351 e. The molecule has 1 fully saturated rings. The number of hydrogen-bond acceptors (Lipinski definition) is 4. The highest BCUT2D eigenvalue weighted by atomic mass is 35.5. The molecule has 8 nitrogen and oxygen atoms in total. The van der Waals surface area contributed by atoms with Crippen LogP contribution in [0.4, 0.5) is 21.9 Å². The highest BCUT2D eigenvalue weighted by Crippen LogP contribution is 2.31. The highest BCUT2D eigenvalue weighted by Gasteiger charge is 2.26. The van der Waals surface area contributed by atoms with Crippen LogP contribution < -0.4 is 16.0 Å². The zero-order valence-corrected chi connectivity index (χ0v) is 21.1. The lowest BCUT2D eigenvalue weighted by molar-refractivity contribution is 0.0665. The third-order valence-corrected chi connectivity index (χ3v) is 6.59. The quantitative estimate of drug-likeness (QED) is 0.497. The van der Waals surface area contributed by atoms with Crippen LogP contribution >= 0.6 is 23.2 Å². The van der Waals surface area contributed by atoms with Crippen LogP contribution in [0.5, 0.6) is 0 Å². The lowest BCUT2D eigenvalue weighted by Gasteiger charge is -2.33. The lowest BCUT2D eigenvalue weighted by Crippen LogP contribution is -2.47. The van der Waals surface area contributed by atoms with Gasteiger partial charge in [-0.15, -0.1) is 0 Å². The fraction of sp³-hybridized carbons (Fsp3) is 0.192. The molecule has 0 unspecified atom stereocenters. The Labute approximate surface area is 219 Å². The van der Waals surface area contributed by atoms with E-state index in [9.17, 15) is 14.4 Å². The number of rotatable bonds is 5. The number of nitrogens with one attached hydrogen (secondary N) is 1. The van der Waals surface area contributed by atoms with E-state index in [1.165, 1.54) is 4.90 Å². The smallest absolute Gasteiger partial charge is 0.323 e. The van der Waals surface area contributed by atoms with Gasteiger partial charge in [0.05, 0.1) is 32.5 Å². The van der Waals surface area contributed by atoms with Crippen LogP contribution in [-0.4, -0.2) is 60.9 Å². The molecular weight excluding hydrogens is 501 g/mol. The average molecular weight is 526 g/mol. The van der Waals surface area contributed by atoms with Crippen LogP contribution in [0.25, 0.3) is 0 Å². The molecule has 0 aliphatic carbocycles. The second kappa shape index (κ2) is 11.0. The van der Waals surface area contributed by atoms with Gasteiger partial charge in [0.1, 0.15) is 0 Å². The molecule has 3 aromatic carbocycles. The van der Waals surface area contributed by atoms with Crippen molar-refractivity contribution in [3.63, 3.8) is 0 Å². The molecule has 3 N–H and O–H groups in total. The Hall–Kier alpha value is -3.59. The minimum atomic E-state index is -0.742. The van der Waals surface area contributed by atoms with E-state index in [0.29, 0.717) is 35.7 Å². The highest BCUT2D eigenvalue weighted by molar-refractivity contribution is 6.40. The molecular formula is C26H25Cl2N5O3. The Balaban J connectivity index is 1.59. The number of piperazine rings is 1. The minimum absolute atomic E-state index is 0.162. The van der Waals surface area contributed by atoms with Crippen LogP contribution in [0.2, 0.25) is 10.0 Å². The van der Waals surface area contributed by atoms with Gasteiger partial charge in [-0.05, 0) is 55.6 Å². The van der Waals surface area contributed by atoms with Crippen molar-refractivity contribution in [2.45, 2.75) is 0 Å². The molecule has 1 saturated heterocycles. The number of carbonyl (C=O) groups excluding carboxylic acids is 3. The van der Waals surface area contributed by atoms with Gasteiger partial charge >= 0.3 is 6.03 Å². The Kier molecular flexibility index (Phi) is 7.79. The molecule has 4 amide bonds. The van der Waals surface area contributed by atoms with Gasteiger partial charge < -0.3 is 20.9 Å². The predicted molar refractivity (Wildman–Crippen MR) is 142 cm³/mol. The summed E-state index contributed by atoms with van der Waals surface area (Å²) in [6, 6.07) is 17.5. The van der Waals surface area contributed by atoms with Gasteiger partial charge in [0.15, 0.2) is 0 Å². The summed E-state index contributed by atoms with van der Waals surface area (Å²) in [4.78, 5) is 43.7. The fourth-order valence-electron chi connectivity index (χ4n) is 4.02. The summed E-state index contributed by atoms with van der Waals surface area (Å²) >= 11 is 12.3. The van der Waals surface area contributed by atoms with Gasteiger partial charge in [0, 0.05) is 31.9 Å². The van der Waals surface area contributed by atoms with Crippen molar-refractivity contribution in [1.82, 2.24) is 9.80 Å². The molecule has 186 valence electrons. The molecule has 36 heavy (non-hydrogen) atoms. The van der Waals surface area contributed by atoms with E-state index in [2.05, 4.69) is 10.2 Å². The first-order chi connectivity index (χ1) is 17.3. The first-order valence-electron chi connectivity index (χ1n) is 11.3. The summed E-state index contributed by atoms with van der Waals surface area (Å²) in [5.41, 5.74) is 7.59. The van der Waals surface area contributed by atoms with E-state index in [-0.39, 0.29) is 21.5 Å². The number of urea groups is 1. The van der Waals surface area contributed by atoms with Crippen molar-refractivity contribution in [2.24, 2.45) is 5.73 Å². The number of primary amides is 1. The first-order valence-corrected chi connectivity index (χ1v) is 12.0. The molecule has 0 bridgehead atoms. The van der Waals surface area contributed by atoms with Crippen molar-refractivity contribution in [3.8, 4) is 0 Å². The Bertz CT molecular complexity index is 1270. The number of benzene rings is 3. The van der Waals surface area contributed by atoms with Gasteiger partial charge in [-0.1, -0.05) is 41.4 Å². The molecule has 4 rings (SSSR count). The summed E-state index contributed by atoms with van der Waals surface area (Å²) in [6.07, 6.45) is 0. The Morgan fingerprint density at radius 1 is 0.861 bits per heavy atom. The zero-order valence-electron chi connectivity index (χ0n) is 19.6. The van der Waals surface area contributed by atoms with Crippen molar-refractivity contribution in [3.05, 3.63) is 87.9 Å². The molecule has 0 radical (unpaired) electrons. The average Bonchev–Trinajstić information content (AvgIpc) is 2.85. The number of amides is 4. The first kappa shape index (κ1) is 25.5. The van der Waals surface area contributed by atoms with Gasteiger partial charge in [-0.3, -0.25) is 14.5 Å². The number of likely N-dealkylation sites (N-methyl/N-ethyl adjacent to an activating group) is 1. The van der Waals surface area contributed by atoms with Gasteiger partial charge in [0.25, 0.3) is 11.8 Å². The number of para-hydroxylation sites is 1. The van der Waals surface area contributed by atoms with Crippen LogP contribution in [0.15, 0.2) is 66.7 Å². The van der Waals surface area contributed by atoms with E-state index >= 15 is 0 Å². The van der Waals surface area contributed by atoms with Gasteiger partial charge in [-0.2, -0.15) is 0 Å². The lowest BCUT2D eigenvalue weighted by atomic mass is 10.1. The number of hydrogen-bond donors (Lipinski definition) is 2. The molecule has 3 aromatic rings. The molecule has 1 heterocycles. The van der Waals surface area contributed by atoms with Crippen LogP contribution in [0.3, 0.4) is 0 Å². The van der Waals surface area contributed by atoms with E-state index in [4.69, 9.17) is 28.9 Å². The maximum atomic E-state index is 13.3. The Morgan fingerprint density at radius 2 is 1.47 bits per heavy atom. The summed E-state index contributed by atoms with van der Waals surface area (Å²) in [5, 5.41) is 3.21. The minimum Gasteiger partial charge on any atom is -0.351 e. The SMILES string of the molecule is CN1CCN(C(=O)c2ccccc2N(C(N)=O)c2ccc(NC(=O)c3c(Cl)cccc3Cl)cc2)CC1. The Morgan fingerprint density at radius 3 is 2.08 bits per heavy atom. The monoisotopic (exact) mass is 525 g/mol. The van der Waals surface area contributed by atoms with Crippen molar-refractivity contribution < 1.29 is 14.4 Å². The van der Waals surface area contributed by atoms with Crippen LogP contribution in [0, 0.1) is 0 Å². The molecule has 1 aliphatic heterocycles. The topological polar surface area (TPSA) is 99.0 Å². The van der Waals surface area contributed by atoms with E-state index in [1.807, 2.05) is 7.05 Å². The van der Waals surface area contributed by atoms with E-state index in [0.717, 1.165) is 13.1 Å². The fourth-order valence-corrected chi connectivity index (χ4v) is 4.59. The molecule has 1 aliphatic rings. The molecule has 0 aromatic heterocycles. The standard InChI is InChI=1S/C26H25Cl2N5O3/c1-31-13-15-32(16-14-31)25(35)19-5-2-3-8-22(19)33(26(29)36)18-11-9-17(10-12-18)30-24(34)23-20(27)6-4-7-21(23)28/h2-12H,13-16H2,1H3,(H2,29,36)(H,30,34). The third-order valence-electron chi connectivity index (χ3n) is 5.96. The molecule has 0 saturated carbocycles. The summed E-state index contributed by atoms with van der Waals surface area (Å²) in [5.74, 6) is -0.626. The maximum absolute atomic E-state index is 13.3. The van der Waals surface area contributed by atoms with Crippen molar-refractivity contribution in [2.75, 3.05) is 43.4 Å². The van der Waals surface area contributed by atoms with Gasteiger partial charge in [-0.25, -0.2) is 4.79 Å². The van der Waals surface area contributed by atoms with E-state index < -0.39 is 11.9 Å². The summed E-state index contributed by atoms with van der Waals surface area (Å²) in [7, 11) is 2.01. The van der Waals surface area contributed by atoms with Crippen molar-refractivity contribution >= 4 is 58.1 Å². The number of carbonyl (C=O) groups is 3. The van der Waals surface area contributed by atoms with Crippen molar-refractivity contribution in [1.29, 1.82) is 0 Å². The van der Waals surface area contributed by atoms with Crippen LogP contribution in [0.1, 0.15) is 20.7 Å².